The first-order chi connectivity index (χ1) is 16.5. The zero-order valence-electron chi connectivity index (χ0n) is 19.8. The maximum atomic E-state index is 13.5. The number of phenolic OH excluding ortho intramolecular Hbond substituents is 1. The molecule has 1 unspecified atom stereocenters. The number of methoxy groups -OCH3 is 3. The molecule has 1 aliphatic heterocycles. The Morgan fingerprint density at radius 3 is 2.41 bits per heavy atom. The van der Waals surface area contributed by atoms with E-state index in [1.165, 1.54) is 0 Å². The molecule has 4 rings (SSSR count). The molecule has 180 valence electrons. The number of carbonyl (C=O) groups excluding carboxylic acids is 1. The van der Waals surface area contributed by atoms with Gasteiger partial charge < -0.3 is 29.0 Å². The molecular weight excluding hydrogens is 438 g/mol. The van der Waals surface area contributed by atoms with E-state index in [4.69, 9.17) is 18.9 Å². The second-order valence-electron chi connectivity index (χ2n) is 7.79. The summed E-state index contributed by atoms with van der Waals surface area (Å²) in [5.74, 6) is 1.36. The van der Waals surface area contributed by atoms with E-state index in [-0.39, 0.29) is 11.7 Å². The molecule has 3 aromatic rings. The Kier molecular flexibility index (Phi) is 6.93. The molecule has 0 fully saturated rings. The number of para-hydroxylation sites is 1. The zero-order chi connectivity index (χ0) is 24.2. The van der Waals surface area contributed by atoms with Crippen molar-refractivity contribution >= 4 is 5.91 Å². The van der Waals surface area contributed by atoms with Crippen molar-refractivity contribution in [2.24, 2.45) is 0 Å². The summed E-state index contributed by atoms with van der Waals surface area (Å²) < 4.78 is 22.1. The smallest absolute Gasteiger partial charge is 0.273 e. The molecule has 0 saturated heterocycles. The number of rotatable bonds is 10. The van der Waals surface area contributed by atoms with E-state index in [9.17, 15) is 9.90 Å². The fraction of sp³-hybridized carbons (Fsp3) is 0.360. The molecule has 2 heterocycles. The normalized spacial score (nSPS) is 14.9. The molecule has 0 radical (unpaired) electrons. The van der Waals surface area contributed by atoms with Gasteiger partial charge in [-0.25, -0.2) is 0 Å². The van der Waals surface area contributed by atoms with Crippen LogP contribution in [0.2, 0.25) is 0 Å². The first-order valence-electron chi connectivity index (χ1n) is 11.1. The van der Waals surface area contributed by atoms with Crippen LogP contribution in [0.15, 0.2) is 36.4 Å². The predicted octanol–water partition coefficient (Wildman–Crippen LogP) is 3.78. The van der Waals surface area contributed by atoms with Gasteiger partial charge in [0, 0.05) is 30.9 Å². The molecule has 0 aliphatic carbocycles. The van der Waals surface area contributed by atoms with E-state index >= 15 is 0 Å². The molecule has 2 aromatic carbocycles. The number of nitrogens with zero attached hydrogens (tertiary/aromatic N) is 2. The third kappa shape index (κ3) is 4.03. The summed E-state index contributed by atoms with van der Waals surface area (Å²) in [6.45, 7) is 3.57. The number of aromatic hydroxyl groups is 1. The number of amides is 1. The van der Waals surface area contributed by atoms with Crippen molar-refractivity contribution in [3.63, 3.8) is 0 Å². The first-order valence-corrected chi connectivity index (χ1v) is 11.1. The van der Waals surface area contributed by atoms with Crippen molar-refractivity contribution < 1.29 is 28.8 Å². The lowest BCUT2D eigenvalue weighted by Gasteiger charge is -2.27. The summed E-state index contributed by atoms with van der Waals surface area (Å²) in [7, 11) is 4.65. The van der Waals surface area contributed by atoms with Gasteiger partial charge in [0.2, 0.25) is 5.75 Å². The molecular formula is C25H29N3O6. The van der Waals surface area contributed by atoms with Crippen LogP contribution in [0.1, 0.15) is 41.0 Å². The van der Waals surface area contributed by atoms with Gasteiger partial charge in [0.25, 0.3) is 5.91 Å². The first kappa shape index (κ1) is 23.4. The number of aromatic amines is 1. The summed E-state index contributed by atoms with van der Waals surface area (Å²) in [5.41, 5.74) is 2.93. The minimum absolute atomic E-state index is 0.0858. The van der Waals surface area contributed by atoms with Crippen LogP contribution in [-0.4, -0.2) is 67.2 Å². The fourth-order valence-corrected chi connectivity index (χ4v) is 4.39. The Labute approximate surface area is 198 Å². The number of hydrogen-bond donors (Lipinski definition) is 2. The summed E-state index contributed by atoms with van der Waals surface area (Å²) >= 11 is 0. The van der Waals surface area contributed by atoms with Crippen molar-refractivity contribution in [2.75, 3.05) is 41.1 Å². The highest BCUT2D eigenvalue weighted by Crippen LogP contribution is 2.48. The van der Waals surface area contributed by atoms with Crippen LogP contribution in [0, 0.1) is 0 Å². The molecule has 9 nitrogen and oxygen atoms in total. The van der Waals surface area contributed by atoms with Gasteiger partial charge in [0.15, 0.2) is 11.5 Å². The lowest BCUT2D eigenvalue weighted by Crippen LogP contribution is -2.31. The lowest BCUT2D eigenvalue weighted by atomic mass is 9.95. The number of H-pyrrole nitrogens is 1. The van der Waals surface area contributed by atoms with Gasteiger partial charge in [-0.3, -0.25) is 9.89 Å². The van der Waals surface area contributed by atoms with Crippen LogP contribution >= 0.6 is 0 Å². The average Bonchev–Trinajstić information content (AvgIpc) is 3.40. The maximum absolute atomic E-state index is 13.5. The van der Waals surface area contributed by atoms with Crippen molar-refractivity contribution in [3.05, 3.63) is 53.2 Å². The Bertz CT molecular complexity index is 1150. The Hall–Kier alpha value is -3.72. The molecule has 0 saturated carbocycles. The highest BCUT2D eigenvalue weighted by molar-refractivity contribution is 6.00. The van der Waals surface area contributed by atoms with Crippen LogP contribution in [-0.2, 0) is 4.74 Å². The monoisotopic (exact) mass is 467 g/mol. The minimum Gasteiger partial charge on any atom is -0.507 e. The predicted molar refractivity (Wildman–Crippen MR) is 126 cm³/mol. The van der Waals surface area contributed by atoms with E-state index < -0.39 is 6.04 Å². The van der Waals surface area contributed by atoms with Crippen LogP contribution in [0.3, 0.4) is 0 Å². The van der Waals surface area contributed by atoms with E-state index in [0.29, 0.717) is 65.9 Å². The molecule has 2 N–H and O–H groups in total. The molecule has 0 spiro atoms. The zero-order valence-corrected chi connectivity index (χ0v) is 19.8. The van der Waals surface area contributed by atoms with Gasteiger partial charge in [-0.2, -0.15) is 5.10 Å². The number of aromatic nitrogens is 2. The maximum Gasteiger partial charge on any atom is 0.273 e. The fourth-order valence-electron chi connectivity index (χ4n) is 4.39. The Morgan fingerprint density at radius 1 is 1.09 bits per heavy atom. The van der Waals surface area contributed by atoms with Gasteiger partial charge in [-0.1, -0.05) is 12.1 Å². The van der Waals surface area contributed by atoms with E-state index in [2.05, 4.69) is 10.2 Å². The van der Waals surface area contributed by atoms with Crippen molar-refractivity contribution in [1.82, 2.24) is 15.1 Å². The summed E-state index contributed by atoms with van der Waals surface area (Å²) in [4.78, 5) is 15.3. The minimum atomic E-state index is -0.480. The van der Waals surface area contributed by atoms with Crippen LogP contribution in [0.4, 0.5) is 0 Å². The number of carbonyl (C=O) groups is 1. The second-order valence-corrected chi connectivity index (χ2v) is 7.79. The molecule has 1 amide bonds. The van der Waals surface area contributed by atoms with Gasteiger partial charge in [0.05, 0.1) is 27.4 Å². The van der Waals surface area contributed by atoms with Gasteiger partial charge >= 0.3 is 0 Å². The quantitative estimate of drug-likeness (QED) is 0.437. The third-order valence-electron chi connectivity index (χ3n) is 5.92. The number of nitrogens with one attached hydrogen (secondary N) is 1. The van der Waals surface area contributed by atoms with Crippen LogP contribution < -0.4 is 14.2 Å². The van der Waals surface area contributed by atoms with Gasteiger partial charge in [-0.15, -0.1) is 0 Å². The molecule has 9 heteroatoms. The lowest BCUT2D eigenvalue weighted by molar-refractivity contribution is 0.0710. The van der Waals surface area contributed by atoms with Crippen LogP contribution in [0.5, 0.6) is 23.0 Å². The van der Waals surface area contributed by atoms with Crippen molar-refractivity contribution in [2.45, 2.75) is 19.4 Å². The number of phenols is 1. The molecule has 1 atom stereocenters. The summed E-state index contributed by atoms with van der Waals surface area (Å²) in [6.07, 6.45) is 0.671. The Balaban J connectivity index is 1.87. The van der Waals surface area contributed by atoms with E-state index in [1.807, 2.05) is 25.1 Å². The average molecular weight is 468 g/mol. The summed E-state index contributed by atoms with van der Waals surface area (Å²) in [6, 6.07) is 10.1. The molecule has 34 heavy (non-hydrogen) atoms. The number of hydrogen-bond acceptors (Lipinski definition) is 7. The number of benzene rings is 2. The van der Waals surface area contributed by atoms with Crippen LogP contribution in [0.25, 0.3) is 11.3 Å². The number of ether oxygens (including phenoxy) is 4. The van der Waals surface area contributed by atoms with Gasteiger partial charge in [0.1, 0.15) is 17.1 Å². The topological polar surface area (TPSA) is 106 Å². The van der Waals surface area contributed by atoms with E-state index in [0.717, 1.165) is 5.56 Å². The second kappa shape index (κ2) is 10.0. The highest BCUT2D eigenvalue weighted by Gasteiger charge is 2.42. The molecule has 1 aliphatic rings. The van der Waals surface area contributed by atoms with Gasteiger partial charge in [-0.05, 0) is 43.2 Å². The SMILES string of the molecule is CCOCCCN1C(=O)c2[nH]nc(-c3ccccc3O)c2C1c1cc(OC)c(OC)c(OC)c1. The highest BCUT2D eigenvalue weighted by atomic mass is 16.5. The van der Waals surface area contributed by atoms with E-state index in [1.54, 1.807) is 44.4 Å². The Morgan fingerprint density at radius 2 is 1.79 bits per heavy atom. The van der Waals surface area contributed by atoms with Crippen molar-refractivity contribution in [3.8, 4) is 34.3 Å². The summed E-state index contributed by atoms with van der Waals surface area (Å²) in [5, 5.41) is 17.8. The molecule has 1 aromatic heterocycles. The third-order valence-corrected chi connectivity index (χ3v) is 5.92. The molecule has 0 bridgehead atoms. The number of fused-ring (bicyclic) bond motifs is 1. The standard InChI is InChI=1S/C25H29N3O6/c1-5-34-12-8-11-28-23(15-13-18(31-2)24(33-4)19(14-15)32-3)20-21(26-27-22(20)25(28)30)16-9-6-7-10-17(16)29/h6-7,9-10,13-14,23,29H,5,8,11-12H2,1-4H3,(H,26,27). The largest absolute Gasteiger partial charge is 0.507 e. The van der Waals surface area contributed by atoms with Crippen molar-refractivity contribution in [1.29, 1.82) is 0 Å².